The number of fused-ring (bicyclic) bond motifs is 1. The average molecular weight is 355 g/mol. The zero-order valence-corrected chi connectivity index (χ0v) is 13.7. The van der Waals surface area contributed by atoms with Gasteiger partial charge in [-0.25, -0.2) is 4.99 Å². The number of H-pyrrole nitrogens is 1. The van der Waals surface area contributed by atoms with Crippen molar-refractivity contribution in [3.8, 4) is 0 Å². The predicted octanol–water partition coefficient (Wildman–Crippen LogP) is -0.720. The van der Waals surface area contributed by atoms with Crippen molar-refractivity contribution < 1.29 is 9.90 Å². The molecule has 0 bridgehead atoms. The molecule has 10 heteroatoms. The maximum atomic E-state index is 11.9. The Hall–Kier alpha value is -3.40. The van der Waals surface area contributed by atoms with Gasteiger partial charge in [-0.1, -0.05) is 12.1 Å². The molecule has 0 aliphatic carbocycles. The molecule has 2 aliphatic heterocycles. The van der Waals surface area contributed by atoms with Crippen molar-refractivity contribution in [2.75, 3.05) is 36.0 Å². The van der Waals surface area contributed by atoms with Crippen LogP contribution in [-0.2, 0) is 10.4 Å². The highest BCUT2D eigenvalue weighted by Crippen LogP contribution is 2.27. The van der Waals surface area contributed by atoms with Crippen molar-refractivity contribution in [3.63, 3.8) is 0 Å². The number of amides is 1. The summed E-state index contributed by atoms with van der Waals surface area (Å²) in [5.74, 6) is 0.0188. The summed E-state index contributed by atoms with van der Waals surface area (Å²) in [4.78, 5) is 34.1. The molecule has 134 valence electrons. The van der Waals surface area contributed by atoms with Crippen LogP contribution in [0.2, 0.25) is 0 Å². The van der Waals surface area contributed by atoms with Gasteiger partial charge in [-0.3, -0.25) is 14.6 Å². The Kier molecular flexibility index (Phi) is 3.62. The number of nitrogens with one attached hydrogen (secondary N) is 4. The van der Waals surface area contributed by atoms with Crippen LogP contribution in [0.1, 0.15) is 5.56 Å². The lowest BCUT2D eigenvalue weighted by Crippen LogP contribution is -2.62. The number of carbonyl (C=O) groups is 1. The SMILES string of the molecule is Nc1nc2c(c(=O)[nH]1)N=C(CNc1ccc(C3(O)CNC3=O)cc1)CN2. The summed E-state index contributed by atoms with van der Waals surface area (Å²) < 4.78 is 0. The molecule has 0 saturated carbocycles. The van der Waals surface area contributed by atoms with E-state index in [-0.39, 0.29) is 24.1 Å². The fourth-order valence-corrected chi connectivity index (χ4v) is 2.83. The van der Waals surface area contributed by atoms with Gasteiger partial charge in [0.15, 0.2) is 17.1 Å². The van der Waals surface area contributed by atoms with Crippen LogP contribution in [-0.4, -0.2) is 46.3 Å². The molecule has 1 atom stereocenters. The number of nitrogen functional groups attached to an aromatic ring is 1. The third-order valence-corrected chi connectivity index (χ3v) is 4.38. The Balaban J connectivity index is 1.45. The number of carbonyl (C=O) groups excluding carboxylic acids is 1. The molecule has 4 rings (SSSR count). The molecule has 0 radical (unpaired) electrons. The molecule has 1 amide bonds. The number of aliphatic hydroxyl groups is 1. The molecular formula is C16H17N7O3. The Bertz CT molecular complexity index is 967. The molecule has 1 aromatic heterocycles. The van der Waals surface area contributed by atoms with Gasteiger partial charge in [0.2, 0.25) is 5.95 Å². The second-order valence-electron chi connectivity index (χ2n) is 6.15. The molecule has 1 unspecified atom stereocenters. The number of rotatable bonds is 4. The first-order chi connectivity index (χ1) is 12.5. The number of benzene rings is 1. The normalized spacial score (nSPS) is 21.0. The lowest BCUT2D eigenvalue weighted by molar-refractivity contribution is -0.153. The monoisotopic (exact) mass is 355 g/mol. The summed E-state index contributed by atoms with van der Waals surface area (Å²) in [5.41, 5.74) is 5.96. The van der Waals surface area contributed by atoms with E-state index < -0.39 is 11.2 Å². The minimum atomic E-state index is -1.44. The maximum absolute atomic E-state index is 11.9. The number of β-amino-alcohol motifs (C(OH)–C–C–N with tert-alkyl or cyclic N) is 1. The van der Waals surface area contributed by atoms with Crippen molar-refractivity contribution in [3.05, 3.63) is 40.2 Å². The summed E-state index contributed by atoms with van der Waals surface area (Å²) in [6.07, 6.45) is 0. The Labute approximate surface area is 147 Å². The zero-order chi connectivity index (χ0) is 18.3. The lowest BCUT2D eigenvalue weighted by atomic mass is 9.87. The van der Waals surface area contributed by atoms with E-state index in [1.807, 2.05) is 0 Å². The van der Waals surface area contributed by atoms with Crippen molar-refractivity contribution in [1.29, 1.82) is 0 Å². The van der Waals surface area contributed by atoms with E-state index in [0.717, 1.165) is 11.4 Å². The standard InChI is InChI=1S/C16H17N7O3/c17-15-22-12-11(13(24)23-15)21-10(6-19-12)5-18-9-3-1-8(2-4-9)16(26)7-20-14(16)25/h1-4,18,26H,5-7H2,(H,20,25)(H4,17,19,22,23,24). The largest absolute Gasteiger partial charge is 0.380 e. The highest BCUT2D eigenvalue weighted by Gasteiger charge is 2.45. The summed E-state index contributed by atoms with van der Waals surface area (Å²) in [6.45, 7) is 1.07. The molecular weight excluding hydrogens is 338 g/mol. The molecule has 2 aliphatic rings. The first kappa shape index (κ1) is 16.1. The third kappa shape index (κ3) is 2.65. The molecule has 7 N–H and O–H groups in total. The summed E-state index contributed by atoms with van der Waals surface area (Å²) >= 11 is 0. The van der Waals surface area contributed by atoms with Gasteiger partial charge < -0.3 is 26.8 Å². The van der Waals surface area contributed by atoms with Crippen molar-refractivity contribution in [1.82, 2.24) is 15.3 Å². The van der Waals surface area contributed by atoms with E-state index in [2.05, 4.69) is 30.9 Å². The number of aromatic amines is 1. The van der Waals surface area contributed by atoms with Crippen LogP contribution in [0.15, 0.2) is 34.1 Å². The van der Waals surface area contributed by atoms with Crippen molar-refractivity contribution in [2.24, 2.45) is 4.99 Å². The van der Waals surface area contributed by atoms with Gasteiger partial charge in [-0.2, -0.15) is 4.98 Å². The average Bonchev–Trinajstić information content (AvgIpc) is 2.65. The topological polar surface area (TPSA) is 158 Å². The van der Waals surface area contributed by atoms with E-state index in [1.165, 1.54) is 0 Å². The summed E-state index contributed by atoms with van der Waals surface area (Å²) in [5, 5.41) is 18.9. The van der Waals surface area contributed by atoms with E-state index in [1.54, 1.807) is 24.3 Å². The number of aromatic nitrogens is 2. The highest BCUT2D eigenvalue weighted by atomic mass is 16.3. The van der Waals surface area contributed by atoms with Crippen LogP contribution < -0.4 is 27.2 Å². The maximum Gasteiger partial charge on any atom is 0.280 e. The van der Waals surface area contributed by atoms with Crippen LogP contribution in [0.5, 0.6) is 0 Å². The van der Waals surface area contributed by atoms with Gasteiger partial charge in [0.25, 0.3) is 11.5 Å². The Morgan fingerprint density at radius 3 is 2.65 bits per heavy atom. The second-order valence-corrected chi connectivity index (χ2v) is 6.15. The van der Waals surface area contributed by atoms with E-state index in [0.29, 0.717) is 24.5 Å². The third-order valence-electron chi connectivity index (χ3n) is 4.38. The minimum absolute atomic E-state index is 0.0416. The van der Waals surface area contributed by atoms with Crippen LogP contribution in [0.4, 0.5) is 23.1 Å². The zero-order valence-electron chi connectivity index (χ0n) is 13.7. The Morgan fingerprint density at radius 2 is 2.00 bits per heavy atom. The van der Waals surface area contributed by atoms with Gasteiger partial charge in [0, 0.05) is 5.69 Å². The van der Waals surface area contributed by atoms with Gasteiger partial charge in [-0.15, -0.1) is 0 Å². The minimum Gasteiger partial charge on any atom is -0.380 e. The first-order valence-corrected chi connectivity index (χ1v) is 8.01. The molecule has 0 spiro atoms. The van der Waals surface area contributed by atoms with Crippen LogP contribution in [0.3, 0.4) is 0 Å². The first-order valence-electron chi connectivity index (χ1n) is 8.01. The Morgan fingerprint density at radius 1 is 1.23 bits per heavy atom. The number of β-lactam (4-membered cyclic amide) rings is 1. The smallest absolute Gasteiger partial charge is 0.280 e. The number of nitrogens with two attached hydrogens (primary N) is 1. The molecule has 1 saturated heterocycles. The van der Waals surface area contributed by atoms with E-state index >= 15 is 0 Å². The van der Waals surface area contributed by atoms with Gasteiger partial charge >= 0.3 is 0 Å². The van der Waals surface area contributed by atoms with Crippen LogP contribution in [0, 0.1) is 0 Å². The van der Waals surface area contributed by atoms with Gasteiger partial charge in [0.1, 0.15) is 0 Å². The molecule has 1 fully saturated rings. The number of nitrogens with zero attached hydrogens (tertiary/aromatic N) is 2. The quantitative estimate of drug-likeness (QED) is 0.395. The number of hydrogen-bond acceptors (Lipinski definition) is 8. The highest BCUT2D eigenvalue weighted by molar-refractivity contribution is 5.97. The number of aliphatic imine (C=N–C) groups is 1. The molecule has 1 aromatic carbocycles. The fourth-order valence-electron chi connectivity index (χ4n) is 2.83. The van der Waals surface area contributed by atoms with Gasteiger partial charge in [0.05, 0.1) is 25.3 Å². The van der Waals surface area contributed by atoms with E-state index in [9.17, 15) is 14.7 Å². The number of hydrogen-bond donors (Lipinski definition) is 6. The molecule has 2 aromatic rings. The predicted molar refractivity (Wildman–Crippen MR) is 96.7 cm³/mol. The van der Waals surface area contributed by atoms with Crippen molar-refractivity contribution in [2.45, 2.75) is 5.60 Å². The molecule has 3 heterocycles. The number of anilines is 3. The molecule has 26 heavy (non-hydrogen) atoms. The molecule has 10 nitrogen and oxygen atoms in total. The van der Waals surface area contributed by atoms with Crippen LogP contribution in [0.25, 0.3) is 0 Å². The summed E-state index contributed by atoms with van der Waals surface area (Å²) in [7, 11) is 0. The van der Waals surface area contributed by atoms with Crippen molar-refractivity contribution >= 4 is 34.8 Å². The fraction of sp³-hybridized carbons (Fsp3) is 0.250. The van der Waals surface area contributed by atoms with Crippen LogP contribution >= 0.6 is 0 Å². The summed E-state index contributed by atoms with van der Waals surface area (Å²) in [6, 6.07) is 6.96. The lowest BCUT2D eigenvalue weighted by Gasteiger charge is -2.36. The second kappa shape index (κ2) is 5.85. The van der Waals surface area contributed by atoms with E-state index in [4.69, 9.17) is 5.73 Å². The van der Waals surface area contributed by atoms with Gasteiger partial charge in [-0.05, 0) is 17.7 Å².